The van der Waals surface area contributed by atoms with Crippen LogP contribution in [-0.4, -0.2) is 16.9 Å². The van der Waals surface area contributed by atoms with E-state index in [0.717, 1.165) is 30.2 Å². The smallest absolute Gasteiger partial charge is 0.228 e. The second kappa shape index (κ2) is 9.05. The third-order valence-corrected chi connectivity index (χ3v) is 4.33. The van der Waals surface area contributed by atoms with Crippen LogP contribution in [-0.2, 0) is 4.79 Å². The molecule has 1 aliphatic rings. The number of halogens is 4. The van der Waals surface area contributed by atoms with E-state index in [-0.39, 0.29) is 42.7 Å². The SMILES string of the molecule is Cl.Cl.N[C@@H]1CCC[C@H](C(=O)Nc2cc(Br)c(Cl)cn2)C1. The Morgan fingerprint density at radius 3 is 2.75 bits per heavy atom. The van der Waals surface area contributed by atoms with Crippen LogP contribution in [0.15, 0.2) is 16.7 Å². The summed E-state index contributed by atoms with van der Waals surface area (Å²) in [5.41, 5.74) is 5.88. The average Bonchev–Trinajstić information content (AvgIpc) is 2.34. The number of amides is 1. The molecule has 1 aromatic rings. The van der Waals surface area contributed by atoms with Crippen molar-refractivity contribution < 1.29 is 4.79 Å². The summed E-state index contributed by atoms with van der Waals surface area (Å²) in [5.74, 6) is 0.493. The van der Waals surface area contributed by atoms with Gasteiger partial charge < -0.3 is 11.1 Å². The van der Waals surface area contributed by atoms with Crippen LogP contribution in [0.5, 0.6) is 0 Å². The summed E-state index contributed by atoms with van der Waals surface area (Å²) in [4.78, 5) is 16.1. The summed E-state index contributed by atoms with van der Waals surface area (Å²) in [5, 5.41) is 3.33. The summed E-state index contributed by atoms with van der Waals surface area (Å²) in [6.45, 7) is 0. The highest BCUT2D eigenvalue weighted by Crippen LogP contribution is 2.26. The van der Waals surface area contributed by atoms with Gasteiger partial charge in [0.1, 0.15) is 5.82 Å². The minimum absolute atomic E-state index is 0. The van der Waals surface area contributed by atoms with E-state index < -0.39 is 0 Å². The van der Waals surface area contributed by atoms with E-state index >= 15 is 0 Å². The molecule has 0 spiro atoms. The van der Waals surface area contributed by atoms with Crippen molar-refractivity contribution in [2.75, 3.05) is 5.32 Å². The van der Waals surface area contributed by atoms with Crippen molar-refractivity contribution in [2.45, 2.75) is 31.7 Å². The largest absolute Gasteiger partial charge is 0.328 e. The van der Waals surface area contributed by atoms with Gasteiger partial charge in [0.05, 0.1) is 5.02 Å². The number of rotatable bonds is 2. The summed E-state index contributed by atoms with van der Waals surface area (Å²) in [6.07, 6.45) is 5.17. The number of aromatic nitrogens is 1. The van der Waals surface area contributed by atoms with E-state index in [2.05, 4.69) is 26.2 Å². The molecule has 8 heteroatoms. The Kier molecular flexibility index (Phi) is 9.02. The molecule has 1 saturated carbocycles. The number of carbonyl (C=O) groups is 1. The van der Waals surface area contributed by atoms with Crippen molar-refractivity contribution in [1.29, 1.82) is 0 Å². The van der Waals surface area contributed by atoms with Crippen molar-refractivity contribution in [1.82, 2.24) is 4.98 Å². The van der Waals surface area contributed by atoms with E-state index in [1.165, 1.54) is 6.20 Å². The lowest BCUT2D eigenvalue weighted by molar-refractivity contribution is -0.120. The molecule has 0 aromatic carbocycles. The van der Waals surface area contributed by atoms with Gasteiger partial charge in [0.2, 0.25) is 5.91 Å². The van der Waals surface area contributed by atoms with Crippen LogP contribution in [0.2, 0.25) is 5.02 Å². The molecule has 0 unspecified atom stereocenters. The number of hydrogen-bond acceptors (Lipinski definition) is 3. The van der Waals surface area contributed by atoms with Crippen molar-refractivity contribution in [3.05, 3.63) is 21.8 Å². The quantitative estimate of drug-likeness (QED) is 0.786. The Bertz CT molecular complexity index is 462. The van der Waals surface area contributed by atoms with E-state index in [0.29, 0.717) is 10.8 Å². The van der Waals surface area contributed by atoms with Gasteiger partial charge in [-0.05, 0) is 41.3 Å². The molecule has 1 aromatic heterocycles. The van der Waals surface area contributed by atoms with Gasteiger partial charge in [-0.3, -0.25) is 4.79 Å². The molecular formula is C12H17BrCl3N3O. The highest BCUT2D eigenvalue weighted by molar-refractivity contribution is 9.10. The van der Waals surface area contributed by atoms with E-state index in [1.807, 2.05) is 0 Å². The van der Waals surface area contributed by atoms with Gasteiger partial charge in [-0.15, -0.1) is 24.8 Å². The Morgan fingerprint density at radius 1 is 1.45 bits per heavy atom. The van der Waals surface area contributed by atoms with E-state index in [1.54, 1.807) is 6.07 Å². The number of carbonyl (C=O) groups excluding carboxylic acids is 1. The number of anilines is 1. The third kappa shape index (κ3) is 5.37. The normalized spacial score (nSPS) is 21.4. The van der Waals surface area contributed by atoms with Gasteiger partial charge in [0.15, 0.2) is 0 Å². The molecule has 1 aliphatic carbocycles. The monoisotopic (exact) mass is 403 g/mol. The second-order valence-corrected chi connectivity index (χ2v) is 5.86. The first-order valence-corrected chi connectivity index (χ1v) is 7.11. The van der Waals surface area contributed by atoms with Gasteiger partial charge in [-0.1, -0.05) is 18.0 Å². The van der Waals surface area contributed by atoms with Crippen LogP contribution in [0, 0.1) is 5.92 Å². The van der Waals surface area contributed by atoms with E-state index in [9.17, 15) is 4.79 Å². The molecular weight excluding hydrogens is 388 g/mol. The molecule has 0 aliphatic heterocycles. The molecule has 0 bridgehead atoms. The lowest BCUT2D eigenvalue weighted by Crippen LogP contribution is -2.34. The van der Waals surface area contributed by atoms with Crippen molar-refractivity contribution in [2.24, 2.45) is 11.7 Å². The topological polar surface area (TPSA) is 68.0 Å². The molecule has 20 heavy (non-hydrogen) atoms. The molecule has 1 amide bonds. The zero-order chi connectivity index (χ0) is 13.1. The fraction of sp³-hybridized carbons (Fsp3) is 0.500. The molecule has 114 valence electrons. The minimum Gasteiger partial charge on any atom is -0.328 e. The van der Waals surface area contributed by atoms with E-state index in [4.69, 9.17) is 17.3 Å². The zero-order valence-electron chi connectivity index (χ0n) is 10.6. The fourth-order valence-corrected chi connectivity index (χ4v) is 2.60. The Hall–Kier alpha value is -0.0700. The third-order valence-electron chi connectivity index (χ3n) is 3.15. The predicted octanol–water partition coefficient (Wildman–Crippen LogP) is 3.80. The number of hydrogen-bond donors (Lipinski definition) is 2. The van der Waals surface area contributed by atoms with Crippen molar-refractivity contribution in [3.63, 3.8) is 0 Å². The second-order valence-electron chi connectivity index (χ2n) is 4.60. The lowest BCUT2D eigenvalue weighted by Gasteiger charge is -2.25. The van der Waals surface area contributed by atoms with Gasteiger partial charge in [0.25, 0.3) is 0 Å². The molecule has 1 fully saturated rings. The van der Waals surface area contributed by atoms with Crippen molar-refractivity contribution in [3.8, 4) is 0 Å². The standard InChI is InChI=1S/C12H15BrClN3O.2ClH/c13-9-5-11(16-6-10(9)14)17-12(18)7-2-1-3-8(15)4-7;;/h5-8H,1-4,15H2,(H,16,17,18);2*1H/t7-,8+;;/m0../s1. The number of nitrogens with zero attached hydrogens (tertiary/aromatic N) is 1. The predicted molar refractivity (Wildman–Crippen MR) is 90.0 cm³/mol. The average molecular weight is 406 g/mol. The molecule has 0 saturated heterocycles. The summed E-state index contributed by atoms with van der Waals surface area (Å²) in [6, 6.07) is 1.84. The fourth-order valence-electron chi connectivity index (χ4n) is 2.18. The van der Waals surface area contributed by atoms with Gasteiger partial charge >= 0.3 is 0 Å². The first-order valence-electron chi connectivity index (χ1n) is 5.93. The molecule has 2 atom stereocenters. The molecule has 0 radical (unpaired) electrons. The maximum Gasteiger partial charge on any atom is 0.228 e. The molecule has 1 heterocycles. The highest BCUT2D eigenvalue weighted by atomic mass is 79.9. The lowest BCUT2D eigenvalue weighted by atomic mass is 9.85. The van der Waals surface area contributed by atoms with Gasteiger partial charge in [0, 0.05) is 22.6 Å². The molecule has 2 rings (SSSR count). The maximum atomic E-state index is 12.1. The summed E-state index contributed by atoms with van der Waals surface area (Å²) in [7, 11) is 0. The van der Waals surface area contributed by atoms with Crippen LogP contribution < -0.4 is 11.1 Å². The number of nitrogens with one attached hydrogen (secondary N) is 1. The Labute approximate surface area is 144 Å². The molecule has 4 nitrogen and oxygen atoms in total. The molecule has 3 N–H and O–H groups in total. The number of pyridine rings is 1. The van der Waals surface area contributed by atoms with Crippen LogP contribution in [0.4, 0.5) is 5.82 Å². The Morgan fingerprint density at radius 2 is 2.15 bits per heavy atom. The highest BCUT2D eigenvalue weighted by Gasteiger charge is 2.25. The van der Waals surface area contributed by atoms with Crippen molar-refractivity contribution >= 4 is 64.1 Å². The van der Waals surface area contributed by atoms with Gasteiger partial charge in [-0.25, -0.2) is 4.98 Å². The number of nitrogens with two attached hydrogens (primary N) is 1. The minimum atomic E-state index is -0.00926. The van der Waals surface area contributed by atoms with Crippen LogP contribution in [0.3, 0.4) is 0 Å². The maximum absolute atomic E-state index is 12.1. The zero-order valence-corrected chi connectivity index (χ0v) is 14.6. The van der Waals surface area contributed by atoms with Crippen LogP contribution >= 0.6 is 52.3 Å². The van der Waals surface area contributed by atoms with Gasteiger partial charge in [-0.2, -0.15) is 0 Å². The van der Waals surface area contributed by atoms with Crippen LogP contribution in [0.1, 0.15) is 25.7 Å². The first kappa shape index (κ1) is 19.9. The summed E-state index contributed by atoms with van der Waals surface area (Å²) < 4.78 is 0.717. The summed E-state index contributed by atoms with van der Waals surface area (Å²) >= 11 is 9.14. The van der Waals surface area contributed by atoms with Crippen LogP contribution in [0.25, 0.3) is 0 Å². The first-order chi connectivity index (χ1) is 8.56. The Balaban J connectivity index is 0.00000180.